The number of amides is 1. The molecule has 0 spiro atoms. The van der Waals surface area contributed by atoms with Gasteiger partial charge in [-0.1, -0.05) is 12.1 Å². The number of ether oxygens (including phenoxy) is 2. The number of fused-ring (bicyclic) bond motifs is 1. The summed E-state index contributed by atoms with van der Waals surface area (Å²) >= 11 is 0. The molecule has 2 heterocycles. The summed E-state index contributed by atoms with van der Waals surface area (Å²) < 4.78 is 10.6. The lowest BCUT2D eigenvalue weighted by molar-refractivity contribution is -0.137. The van der Waals surface area contributed by atoms with E-state index in [1.807, 2.05) is 31.2 Å². The smallest absolute Gasteiger partial charge is 0.253 e. The normalized spacial score (nSPS) is 17.1. The van der Waals surface area contributed by atoms with Crippen LogP contribution in [0.5, 0.6) is 0 Å². The van der Waals surface area contributed by atoms with E-state index in [-0.39, 0.29) is 30.7 Å². The number of H-pyrrole nitrogens is 1. The predicted octanol–water partition coefficient (Wildman–Crippen LogP) is 1.99. The third-order valence-corrected chi connectivity index (χ3v) is 4.51. The SMILES string of the molecule is COCC(=O)N(Cc1cc2ccc(C)cc2[nH]c1=O)CC1CCCO1. The molecule has 1 aromatic carbocycles. The number of hydrogen-bond acceptors (Lipinski definition) is 4. The molecule has 1 saturated heterocycles. The Morgan fingerprint density at radius 3 is 2.96 bits per heavy atom. The molecule has 1 aromatic heterocycles. The monoisotopic (exact) mass is 344 g/mol. The van der Waals surface area contributed by atoms with Gasteiger partial charge in [-0.2, -0.15) is 0 Å². The molecule has 25 heavy (non-hydrogen) atoms. The molecule has 0 aliphatic carbocycles. The number of nitrogens with zero attached hydrogens (tertiary/aromatic N) is 1. The van der Waals surface area contributed by atoms with Crippen LogP contribution in [0.3, 0.4) is 0 Å². The number of benzene rings is 1. The van der Waals surface area contributed by atoms with Crippen LogP contribution < -0.4 is 5.56 Å². The Kier molecular flexibility index (Phi) is 5.50. The lowest BCUT2D eigenvalue weighted by Gasteiger charge is -2.25. The summed E-state index contributed by atoms with van der Waals surface area (Å²) in [5.41, 5.74) is 2.30. The second kappa shape index (κ2) is 7.80. The zero-order chi connectivity index (χ0) is 17.8. The van der Waals surface area contributed by atoms with Crippen LogP contribution in [0.4, 0.5) is 0 Å². The Bertz CT molecular complexity index is 809. The second-order valence-electron chi connectivity index (χ2n) is 6.56. The van der Waals surface area contributed by atoms with Crippen LogP contribution in [0.1, 0.15) is 24.0 Å². The predicted molar refractivity (Wildman–Crippen MR) is 95.6 cm³/mol. The number of carbonyl (C=O) groups is 1. The van der Waals surface area contributed by atoms with E-state index >= 15 is 0 Å². The minimum absolute atomic E-state index is 0.00258. The van der Waals surface area contributed by atoms with Crippen molar-refractivity contribution in [2.24, 2.45) is 0 Å². The number of carbonyl (C=O) groups excluding carboxylic acids is 1. The van der Waals surface area contributed by atoms with E-state index in [9.17, 15) is 9.59 Å². The lowest BCUT2D eigenvalue weighted by Crippen LogP contribution is -2.40. The average Bonchev–Trinajstić information content (AvgIpc) is 3.08. The molecule has 3 rings (SSSR count). The highest BCUT2D eigenvalue weighted by atomic mass is 16.5. The third-order valence-electron chi connectivity index (χ3n) is 4.51. The number of methoxy groups -OCH3 is 1. The first kappa shape index (κ1) is 17.6. The van der Waals surface area contributed by atoms with Crippen molar-refractivity contribution in [1.29, 1.82) is 0 Å². The molecule has 2 aromatic rings. The van der Waals surface area contributed by atoms with Gasteiger partial charge in [0.1, 0.15) is 6.61 Å². The largest absolute Gasteiger partial charge is 0.376 e. The fourth-order valence-electron chi connectivity index (χ4n) is 3.19. The second-order valence-corrected chi connectivity index (χ2v) is 6.56. The van der Waals surface area contributed by atoms with Gasteiger partial charge in [-0.3, -0.25) is 9.59 Å². The number of aromatic amines is 1. The van der Waals surface area contributed by atoms with Crippen LogP contribution in [0.25, 0.3) is 10.9 Å². The maximum Gasteiger partial charge on any atom is 0.253 e. The highest BCUT2D eigenvalue weighted by Crippen LogP contribution is 2.17. The molecule has 0 saturated carbocycles. The van der Waals surface area contributed by atoms with Gasteiger partial charge in [0.05, 0.1) is 12.6 Å². The van der Waals surface area contributed by atoms with Crippen molar-refractivity contribution in [3.05, 3.63) is 45.7 Å². The van der Waals surface area contributed by atoms with Crippen LogP contribution in [0, 0.1) is 6.92 Å². The molecule has 6 nitrogen and oxygen atoms in total. The number of pyridine rings is 1. The molecule has 1 N–H and O–H groups in total. The van der Waals surface area contributed by atoms with Gasteiger partial charge in [0.2, 0.25) is 5.91 Å². The van der Waals surface area contributed by atoms with Gasteiger partial charge in [-0.25, -0.2) is 0 Å². The fraction of sp³-hybridized carbons (Fsp3) is 0.474. The quantitative estimate of drug-likeness (QED) is 0.870. The van der Waals surface area contributed by atoms with Crippen molar-refractivity contribution >= 4 is 16.8 Å². The van der Waals surface area contributed by atoms with Gasteiger partial charge >= 0.3 is 0 Å². The molecular weight excluding hydrogens is 320 g/mol. The number of aromatic nitrogens is 1. The van der Waals surface area contributed by atoms with Crippen molar-refractivity contribution in [3.63, 3.8) is 0 Å². The minimum Gasteiger partial charge on any atom is -0.376 e. The molecule has 1 atom stereocenters. The van der Waals surface area contributed by atoms with Gasteiger partial charge in [0.15, 0.2) is 0 Å². The Hall–Kier alpha value is -2.18. The Morgan fingerprint density at radius 2 is 2.24 bits per heavy atom. The number of aryl methyl sites for hydroxylation is 1. The first-order chi connectivity index (χ1) is 12.1. The molecule has 134 valence electrons. The van der Waals surface area contributed by atoms with Crippen LogP contribution in [-0.2, 0) is 20.8 Å². The lowest BCUT2D eigenvalue weighted by atomic mass is 10.1. The standard InChI is InChI=1S/C19H24N2O4/c1-13-5-6-14-9-15(19(23)20-17(14)8-13)10-21(18(22)12-24-2)11-16-4-3-7-25-16/h5-6,8-9,16H,3-4,7,10-12H2,1-2H3,(H,20,23). The summed E-state index contributed by atoms with van der Waals surface area (Å²) in [5, 5.41) is 0.955. The summed E-state index contributed by atoms with van der Waals surface area (Å²) in [6.45, 7) is 3.44. The molecule has 1 aliphatic heterocycles. The van der Waals surface area contributed by atoms with Gasteiger partial charge in [-0.05, 0) is 42.8 Å². The first-order valence-electron chi connectivity index (χ1n) is 8.57. The third kappa shape index (κ3) is 4.27. The summed E-state index contributed by atoms with van der Waals surface area (Å²) in [6, 6.07) is 7.78. The molecule has 1 fully saturated rings. The van der Waals surface area contributed by atoms with Crippen molar-refractivity contribution in [1.82, 2.24) is 9.88 Å². The molecule has 1 unspecified atom stereocenters. The zero-order valence-corrected chi connectivity index (χ0v) is 14.7. The van der Waals surface area contributed by atoms with E-state index in [0.717, 1.165) is 35.9 Å². The van der Waals surface area contributed by atoms with Crippen LogP contribution in [-0.4, -0.2) is 48.8 Å². The number of rotatable bonds is 6. The van der Waals surface area contributed by atoms with Gasteiger partial charge in [0, 0.05) is 31.3 Å². The number of nitrogens with one attached hydrogen (secondary N) is 1. The van der Waals surface area contributed by atoms with E-state index in [0.29, 0.717) is 12.1 Å². The fourth-order valence-corrected chi connectivity index (χ4v) is 3.19. The van der Waals surface area contributed by atoms with Crippen LogP contribution >= 0.6 is 0 Å². The first-order valence-corrected chi connectivity index (χ1v) is 8.57. The van der Waals surface area contributed by atoms with E-state index in [1.54, 1.807) is 4.90 Å². The molecular formula is C19H24N2O4. The van der Waals surface area contributed by atoms with E-state index in [4.69, 9.17) is 9.47 Å². The topological polar surface area (TPSA) is 71.6 Å². The minimum atomic E-state index is -0.166. The van der Waals surface area contributed by atoms with Crippen molar-refractivity contribution in [2.75, 3.05) is 26.9 Å². The van der Waals surface area contributed by atoms with E-state index in [2.05, 4.69) is 4.98 Å². The Balaban J connectivity index is 1.85. The maximum absolute atomic E-state index is 12.4. The molecule has 6 heteroatoms. The van der Waals surface area contributed by atoms with Gasteiger partial charge < -0.3 is 19.4 Å². The highest BCUT2D eigenvalue weighted by Gasteiger charge is 2.23. The zero-order valence-electron chi connectivity index (χ0n) is 14.7. The van der Waals surface area contributed by atoms with Crippen molar-refractivity contribution < 1.29 is 14.3 Å². The van der Waals surface area contributed by atoms with E-state index in [1.165, 1.54) is 7.11 Å². The summed E-state index contributed by atoms with van der Waals surface area (Å²) in [4.78, 5) is 29.4. The average molecular weight is 344 g/mol. The number of hydrogen-bond donors (Lipinski definition) is 1. The summed E-state index contributed by atoms with van der Waals surface area (Å²) in [5.74, 6) is -0.138. The Morgan fingerprint density at radius 1 is 1.40 bits per heavy atom. The molecule has 0 radical (unpaired) electrons. The summed E-state index contributed by atoms with van der Waals surface area (Å²) in [6.07, 6.45) is 1.97. The van der Waals surface area contributed by atoms with Crippen molar-refractivity contribution in [2.45, 2.75) is 32.4 Å². The Labute approximate surface area is 146 Å². The summed E-state index contributed by atoms with van der Waals surface area (Å²) in [7, 11) is 1.49. The van der Waals surface area contributed by atoms with E-state index < -0.39 is 0 Å². The molecule has 1 amide bonds. The highest BCUT2D eigenvalue weighted by molar-refractivity contribution is 5.80. The maximum atomic E-state index is 12.4. The van der Waals surface area contributed by atoms with Crippen LogP contribution in [0.15, 0.2) is 29.1 Å². The van der Waals surface area contributed by atoms with Gasteiger partial charge in [-0.15, -0.1) is 0 Å². The van der Waals surface area contributed by atoms with Crippen molar-refractivity contribution in [3.8, 4) is 0 Å². The molecule has 1 aliphatic rings. The van der Waals surface area contributed by atoms with Gasteiger partial charge in [0.25, 0.3) is 5.56 Å². The van der Waals surface area contributed by atoms with Crippen LogP contribution in [0.2, 0.25) is 0 Å². The molecule has 0 bridgehead atoms.